The zero-order valence-corrected chi connectivity index (χ0v) is 31.3. The highest BCUT2D eigenvalue weighted by molar-refractivity contribution is 14.1. The van der Waals surface area contributed by atoms with Crippen LogP contribution < -0.4 is 4.74 Å². The van der Waals surface area contributed by atoms with E-state index in [1.54, 1.807) is 11.8 Å². The molecule has 11 heteroatoms. The lowest BCUT2D eigenvalue weighted by atomic mass is 9.94. The number of hydrogen-bond donors (Lipinski definition) is 1. The average molecular weight is 792 g/mol. The van der Waals surface area contributed by atoms with Crippen LogP contribution in [-0.2, 0) is 48.7 Å². The van der Waals surface area contributed by atoms with E-state index in [-0.39, 0.29) is 0 Å². The molecule has 3 aromatic carbocycles. The number of aromatic nitrogens is 5. The monoisotopic (exact) mass is 791 g/mol. The lowest BCUT2D eigenvalue weighted by Crippen LogP contribution is -2.09. The topological polar surface area (TPSA) is 87.1 Å². The van der Waals surface area contributed by atoms with E-state index in [1.165, 1.54) is 11.3 Å². The Hall–Kier alpha value is -3.42. The summed E-state index contributed by atoms with van der Waals surface area (Å²) in [5.41, 5.74) is 9.87. The number of aryl methyl sites for hydroxylation is 4. The molecule has 0 saturated carbocycles. The highest BCUT2D eigenvalue weighted by Gasteiger charge is 2.27. The van der Waals surface area contributed by atoms with Gasteiger partial charge < -0.3 is 14.4 Å². The molecule has 0 spiro atoms. The summed E-state index contributed by atoms with van der Waals surface area (Å²) >= 11 is 6.03. The summed E-state index contributed by atoms with van der Waals surface area (Å²) in [6.07, 6.45) is 1.27. The molecule has 6 aromatic rings. The number of nitrogens with zero attached hydrogens (tertiary/aromatic N) is 5. The Labute approximate surface area is 302 Å². The van der Waals surface area contributed by atoms with Crippen molar-refractivity contribution < 1.29 is 14.6 Å². The first-order chi connectivity index (χ1) is 23.3. The number of halogens is 1. The Bertz CT molecular complexity index is 2180. The fourth-order valence-electron chi connectivity index (χ4n) is 6.95. The molecule has 8 bridgehead atoms. The maximum Gasteiger partial charge on any atom is 0.352 e. The smallest absolute Gasteiger partial charge is 0.352 e. The molecule has 0 saturated heterocycles. The first kappa shape index (κ1) is 33.1. The summed E-state index contributed by atoms with van der Waals surface area (Å²) < 4.78 is 13.2. The van der Waals surface area contributed by atoms with E-state index >= 15 is 0 Å². The minimum absolute atomic E-state index is 0.337. The number of fused-ring (bicyclic) bond motifs is 8. The van der Waals surface area contributed by atoms with E-state index in [0.717, 1.165) is 94.3 Å². The van der Waals surface area contributed by atoms with E-state index in [0.29, 0.717) is 25.1 Å². The number of ether oxygens (including phenoxy) is 1. The molecule has 1 N–H and O–H groups in total. The molecule has 0 atom stereocenters. The SMILES string of the molecule is CCn1nc2cc1CSCc1nn(C)c(C)c1-c1c(CI)ccc3c(c(C(=O)O)n(C)c13)CCCOc1cc(cc3ccccc13)SC2. The van der Waals surface area contributed by atoms with Crippen LogP contribution in [0.5, 0.6) is 5.75 Å². The molecule has 0 unspecified atom stereocenters. The van der Waals surface area contributed by atoms with Crippen LogP contribution in [0.4, 0.5) is 0 Å². The van der Waals surface area contributed by atoms with E-state index in [4.69, 9.17) is 14.9 Å². The third-order valence-corrected chi connectivity index (χ3v) is 12.1. The number of aromatic carboxylic acids is 1. The molecule has 48 heavy (non-hydrogen) atoms. The van der Waals surface area contributed by atoms with Gasteiger partial charge in [0.2, 0.25) is 0 Å². The van der Waals surface area contributed by atoms with Gasteiger partial charge in [-0.1, -0.05) is 59.0 Å². The maximum absolute atomic E-state index is 12.9. The van der Waals surface area contributed by atoms with E-state index < -0.39 is 5.97 Å². The Morgan fingerprint density at radius 3 is 2.65 bits per heavy atom. The third kappa shape index (κ3) is 6.02. The fraction of sp³-hybridized carbons (Fsp3) is 0.324. The van der Waals surface area contributed by atoms with Gasteiger partial charge in [0, 0.05) is 80.5 Å². The van der Waals surface area contributed by atoms with E-state index in [1.807, 2.05) is 41.2 Å². The Kier molecular flexibility index (Phi) is 9.54. The molecule has 0 radical (unpaired) electrons. The lowest BCUT2D eigenvalue weighted by Gasteiger charge is -2.14. The predicted molar refractivity (Wildman–Crippen MR) is 205 cm³/mol. The molecule has 4 heterocycles. The number of carbonyl (C=O) groups is 1. The van der Waals surface area contributed by atoms with Gasteiger partial charge in [-0.15, -0.1) is 23.5 Å². The van der Waals surface area contributed by atoms with Gasteiger partial charge in [0.25, 0.3) is 0 Å². The molecule has 0 fully saturated rings. The molecule has 248 valence electrons. The summed E-state index contributed by atoms with van der Waals surface area (Å²) in [5.74, 6) is 2.25. The van der Waals surface area contributed by atoms with Crippen molar-refractivity contribution in [2.75, 3.05) is 6.61 Å². The van der Waals surface area contributed by atoms with E-state index in [9.17, 15) is 9.90 Å². The minimum Gasteiger partial charge on any atom is -0.493 e. The van der Waals surface area contributed by atoms with Crippen LogP contribution in [0.25, 0.3) is 32.8 Å². The number of alkyl halides is 1. The van der Waals surface area contributed by atoms with Crippen molar-refractivity contribution in [1.29, 1.82) is 0 Å². The largest absolute Gasteiger partial charge is 0.493 e. The maximum atomic E-state index is 12.9. The van der Waals surface area contributed by atoms with Gasteiger partial charge in [0.05, 0.1) is 23.5 Å². The molecule has 8 nitrogen and oxygen atoms in total. The Balaban J connectivity index is 1.38. The van der Waals surface area contributed by atoms with Crippen molar-refractivity contribution in [2.45, 2.75) is 59.8 Å². The second-order valence-corrected chi connectivity index (χ2v) is 15.0. The van der Waals surface area contributed by atoms with Gasteiger partial charge in [-0.2, -0.15) is 10.2 Å². The van der Waals surface area contributed by atoms with Crippen molar-refractivity contribution in [1.82, 2.24) is 24.1 Å². The van der Waals surface area contributed by atoms with Gasteiger partial charge in [0.1, 0.15) is 11.4 Å². The van der Waals surface area contributed by atoms with Crippen LogP contribution in [0.2, 0.25) is 0 Å². The fourth-order valence-corrected chi connectivity index (χ4v) is 9.38. The van der Waals surface area contributed by atoms with Crippen molar-refractivity contribution in [3.63, 3.8) is 0 Å². The van der Waals surface area contributed by atoms with Crippen molar-refractivity contribution in [3.05, 3.63) is 94.2 Å². The van der Waals surface area contributed by atoms with Crippen LogP contribution in [-0.4, -0.2) is 41.8 Å². The lowest BCUT2D eigenvalue weighted by molar-refractivity contribution is 0.0685. The predicted octanol–water partition coefficient (Wildman–Crippen LogP) is 8.94. The third-order valence-electron chi connectivity index (χ3n) is 9.26. The van der Waals surface area contributed by atoms with Gasteiger partial charge in [-0.3, -0.25) is 9.36 Å². The second kappa shape index (κ2) is 13.8. The highest BCUT2D eigenvalue weighted by Crippen LogP contribution is 2.42. The van der Waals surface area contributed by atoms with Gasteiger partial charge in [-0.25, -0.2) is 4.79 Å². The number of thioether (sulfide) groups is 2. The molecule has 1 aliphatic heterocycles. The minimum atomic E-state index is -0.914. The molecule has 0 amide bonds. The highest BCUT2D eigenvalue weighted by atomic mass is 127. The first-order valence-corrected chi connectivity index (χ1v) is 19.8. The molecular weight excluding hydrogens is 753 g/mol. The van der Waals surface area contributed by atoms with Crippen LogP contribution in [0.3, 0.4) is 0 Å². The van der Waals surface area contributed by atoms with Gasteiger partial charge in [0.15, 0.2) is 0 Å². The summed E-state index contributed by atoms with van der Waals surface area (Å²) in [7, 11) is 3.89. The van der Waals surface area contributed by atoms with E-state index in [2.05, 4.69) is 89.7 Å². The van der Waals surface area contributed by atoms with Gasteiger partial charge in [-0.05, 0) is 61.4 Å². The number of benzene rings is 3. The molecule has 3 aromatic heterocycles. The summed E-state index contributed by atoms with van der Waals surface area (Å²) in [6, 6.07) is 19.2. The zero-order valence-electron chi connectivity index (χ0n) is 27.5. The number of hydrogen-bond acceptors (Lipinski definition) is 6. The van der Waals surface area contributed by atoms with Crippen molar-refractivity contribution in [2.24, 2.45) is 14.1 Å². The van der Waals surface area contributed by atoms with Gasteiger partial charge >= 0.3 is 5.97 Å². The van der Waals surface area contributed by atoms with Crippen LogP contribution >= 0.6 is 46.1 Å². The van der Waals surface area contributed by atoms with Crippen LogP contribution in [0, 0.1) is 6.92 Å². The van der Waals surface area contributed by atoms with Crippen molar-refractivity contribution in [3.8, 4) is 16.9 Å². The first-order valence-electron chi connectivity index (χ1n) is 16.2. The second-order valence-electron chi connectivity index (χ2n) is 12.2. The number of carboxylic acids is 1. The number of carboxylic acid groups (broad SMARTS) is 1. The molecular formula is C37H38IN5O3S2. The van der Waals surface area contributed by atoms with Crippen molar-refractivity contribution >= 4 is 73.8 Å². The quantitative estimate of drug-likeness (QED) is 0.142. The summed E-state index contributed by atoms with van der Waals surface area (Å²) in [4.78, 5) is 14.0. The molecule has 1 aliphatic rings. The molecule has 7 rings (SSSR count). The van der Waals surface area contributed by atoms with Crippen LogP contribution in [0.1, 0.15) is 57.7 Å². The zero-order chi connectivity index (χ0) is 33.5. The summed E-state index contributed by atoms with van der Waals surface area (Å²) in [5, 5.41) is 23.7. The average Bonchev–Trinajstić information content (AvgIpc) is 3.71. The number of rotatable bonds is 3. The Morgan fingerprint density at radius 2 is 1.85 bits per heavy atom. The standard InChI is InChI=1S/C37H38IN5O3S2/c1-5-43-26-16-25(39-43)19-48-27-15-23-9-6-7-10-28(23)32(17-27)46-14-8-11-29-30-13-12-24(18-38)34(35(30)41(3)36(29)37(44)45)33-22(2)42(4)40-31(33)21-47-20-26/h6-7,9-10,12-13,15-17H,5,8,11,14,18-21H2,1-4H3,(H,44,45). The normalized spacial score (nSPS) is 14.2. The molecule has 0 aliphatic carbocycles. The Morgan fingerprint density at radius 1 is 1.02 bits per heavy atom. The van der Waals surface area contributed by atoms with Crippen LogP contribution in [0.15, 0.2) is 59.5 Å². The summed E-state index contributed by atoms with van der Waals surface area (Å²) in [6.45, 7) is 5.54.